The maximum Gasteiger partial charge on any atom is 0.225 e. The van der Waals surface area contributed by atoms with Crippen LogP contribution in [0.25, 0.3) is 0 Å². The van der Waals surface area contributed by atoms with Gasteiger partial charge in [0.1, 0.15) is 5.82 Å². The first-order valence-corrected chi connectivity index (χ1v) is 8.14. The molecule has 1 unspecified atom stereocenters. The molecular formula is C17H21FN6O. The highest BCUT2D eigenvalue weighted by atomic mass is 19.1. The monoisotopic (exact) mass is 344 g/mol. The zero-order valence-corrected chi connectivity index (χ0v) is 13.8. The fourth-order valence-electron chi connectivity index (χ4n) is 2.69. The van der Waals surface area contributed by atoms with Gasteiger partial charge < -0.3 is 20.6 Å². The first-order valence-electron chi connectivity index (χ1n) is 8.14. The Balaban J connectivity index is 1.53. The quantitative estimate of drug-likeness (QED) is 0.629. The number of hydrogen-bond donors (Lipinski definition) is 2. The predicted octanol–water partition coefficient (Wildman–Crippen LogP) is 0.786. The average molecular weight is 344 g/mol. The number of anilines is 1. The summed E-state index contributed by atoms with van der Waals surface area (Å²) in [7, 11) is 0. The summed E-state index contributed by atoms with van der Waals surface area (Å²) in [5.41, 5.74) is 6.52. The number of aromatic nitrogens is 2. The molecule has 7 nitrogen and oxygen atoms in total. The second-order valence-corrected chi connectivity index (χ2v) is 5.79. The normalized spacial score (nSPS) is 16.8. The summed E-state index contributed by atoms with van der Waals surface area (Å²) in [5, 5.41) is 10.1. The van der Waals surface area contributed by atoms with Crippen LogP contribution < -0.4 is 10.6 Å². The molecule has 2 aromatic rings. The molecule has 0 amide bonds. The van der Waals surface area contributed by atoms with Crippen molar-refractivity contribution >= 4 is 11.9 Å². The van der Waals surface area contributed by atoms with Gasteiger partial charge in [-0.05, 0) is 23.8 Å². The van der Waals surface area contributed by atoms with Crippen molar-refractivity contribution < 1.29 is 9.50 Å². The molecule has 1 aromatic heterocycles. The Morgan fingerprint density at radius 2 is 1.92 bits per heavy atom. The summed E-state index contributed by atoms with van der Waals surface area (Å²) in [6, 6.07) is 7.65. The van der Waals surface area contributed by atoms with Crippen LogP contribution in [-0.4, -0.2) is 58.7 Å². The van der Waals surface area contributed by atoms with E-state index in [0.717, 1.165) is 13.1 Å². The second kappa shape index (κ2) is 7.89. The predicted molar refractivity (Wildman–Crippen MR) is 93.7 cm³/mol. The van der Waals surface area contributed by atoms with Gasteiger partial charge in [0.25, 0.3) is 0 Å². The number of aliphatic imine (C=N–C) groups is 1. The summed E-state index contributed by atoms with van der Waals surface area (Å²) in [6.07, 6.45) is 2.56. The van der Waals surface area contributed by atoms with Crippen LogP contribution in [0.3, 0.4) is 0 Å². The lowest BCUT2D eigenvalue weighted by molar-refractivity contribution is 0.186. The largest absolute Gasteiger partial charge is 0.386 e. The third kappa shape index (κ3) is 4.42. The topological polar surface area (TPSA) is 90.9 Å². The Morgan fingerprint density at radius 3 is 2.60 bits per heavy atom. The number of aliphatic hydroxyl groups excluding tert-OH is 1. The minimum absolute atomic E-state index is 0.0945. The molecule has 0 saturated carbocycles. The van der Waals surface area contributed by atoms with E-state index in [2.05, 4.69) is 19.9 Å². The average Bonchev–Trinajstić information content (AvgIpc) is 2.66. The molecular weight excluding hydrogens is 323 g/mol. The summed E-state index contributed by atoms with van der Waals surface area (Å²) < 4.78 is 13.2. The van der Waals surface area contributed by atoms with Crippen molar-refractivity contribution in [1.82, 2.24) is 14.9 Å². The number of nitrogens with two attached hydrogens (primary N) is 1. The van der Waals surface area contributed by atoms with Crippen LogP contribution in [0.1, 0.15) is 11.7 Å². The van der Waals surface area contributed by atoms with Gasteiger partial charge in [-0.2, -0.15) is 0 Å². The summed E-state index contributed by atoms with van der Waals surface area (Å²) in [5.74, 6) is 0.705. The highest BCUT2D eigenvalue weighted by Crippen LogP contribution is 2.15. The van der Waals surface area contributed by atoms with Crippen molar-refractivity contribution in [3.8, 4) is 0 Å². The molecule has 8 heteroatoms. The Bertz CT molecular complexity index is 718. The van der Waals surface area contributed by atoms with E-state index in [0.29, 0.717) is 30.6 Å². The second-order valence-electron chi connectivity index (χ2n) is 5.79. The molecule has 1 saturated heterocycles. The Labute approximate surface area is 145 Å². The smallest absolute Gasteiger partial charge is 0.225 e. The number of piperazine rings is 1. The first-order chi connectivity index (χ1) is 12.1. The van der Waals surface area contributed by atoms with Gasteiger partial charge in [-0.3, -0.25) is 4.99 Å². The maximum atomic E-state index is 13.2. The number of guanidine groups is 1. The van der Waals surface area contributed by atoms with Gasteiger partial charge in [0.15, 0.2) is 5.96 Å². The van der Waals surface area contributed by atoms with E-state index < -0.39 is 6.10 Å². The standard InChI is InChI=1S/C17H21FN6O/c18-14-4-1-3-13(11-14)15(25)12-22-16(19)23-7-9-24(10-8-23)17-20-5-2-6-21-17/h1-6,11,15,25H,7-10,12H2,(H2,19,22). The van der Waals surface area contributed by atoms with Crippen molar-refractivity contribution in [1.29, 1.82) is 0 Å². The summed E-state index contributed by atoms with van der Waals surface area (Å²) >= 11 is 0. The van der Waals surface area contributed by atoms with Crippen LogP contribution >= 0.6 is 0 Å². The number of halogens is 1. The van der Waals surface area contributed by atoms with Gasteiger partial charge in [0.2, 0.25) is 5.95 Å². The zero-order chi connectivity index (χ0) is 17.6. The molecule has 3 rings (SSSR count). The van der Waals surface area contributed by atoms with E-state index in [1.165, 1.54) is 12.1 Å². The molecule has 1 aliphatic rings. The van der Waals surface area contributed by atoms with Crippen LogP contribution in [0.15, 0.2) is 47.7 Å². The summed E-state index contributed by atoms with van der Waals surface area (Å²) in [6.45, 7) is 2.98. The molecule has 1 aliphatic heterocycles. The molecule has 2 heterocycles. The van der Waals surface area contributed by atoms with Crippen molar-refractivity contribution in [3.63, 3.8) is 0 Å². The van der Waals surface area contributed by atoms with Gasteiger partial charge in [0, 0.05) is 38.6 Å². The van der Waals surface area contributed by atoms with Gasteiger partial charge in [0.05, 0.1) is 12.6 Å². The van der Waals surface area contributed by atoms with Crippen molar-refractivity contribution in [2.24, 2.45) is 10.7 Å². The Morgan fingerprint density at radius 1 is 1.20 bits per heavy atom. The van der Waals surface area contributed by atoms with Gasteiger partial charge in [-0.25, -0.2) is 14.4 Å². The van der Waals surface area contributed by atoms with Crippen LogP contribution in [-0.2, 0) is 0 Å². The van der Waals surface area contributed by atoms with Crippen LogP contribution in [0.2, 0.25) is 0 Å². The molecule has 0 spiro atoms. The van der Waals surface area contributed by atoms with Gasteiger partial charge in [-0.1, -0.05) is 12.1 Å². The number of aliphatic hydroxyl groups is 1. The van der Waals surface area contributed by atoms with Crippen molar-refractivity contribution in [2.75, 3.05) is 37.6 Å². The molecule has 3 N–H and O–H groups in total. The van der Waals surface area contributed by atoms with Gasteiger partial charge in [-0.15, -0.1) is 0 Å². The lowest BCUT2D eigenvalue weighted by Gasteiger charge is -2.35. The summed E-state index contributed by atoms with van der Waals surface area (Å²) in [4.78, 5) is 16.8. The van der Waals surface area contributed by atoms with Crippen LogP contribution in [0.4, 0.5) is 10.3 Å². The van der Waals surface area contributed by atoms with E-state index in [4.69, 9.17) is 5.73 Å². The minimum atomic E-state index is -0.881. The molecule has 0 radical (unpaired) electrons. The van der Waals surface area contributed by atoms with E-state index in [9.17, 15) is 9.50 Å². The first kappa shape index (κ1) is 17.1. The Kier molecular flexibility index (Phi) is 5.39. The number of rotatable bonds is 4. The Hall–Kier alpha value is -2.74. The lowest BCUT2D eigenvalue weighted by Crippen LogP contribution is -2.51. The maximum absolute atomic E-state index is 13.2. The van der Waals surface area contributed by atoms with E-state index >= 15 is 0 Å². The van der Waals surface area contributed by atoms with Crippen LogP contribution in [0, 0.1) is 5.82 Å². The molecule has 0 bridgehead atoms. The van der Waals surface area contributed by atoms with E-state index in [-0.39, 0.29) is 12.4 Å². The number of nitrogens with zero attached hydrogens (tertiary/aromatic N) is 5. The number of benzene rings is 1. The lowest BCUT2D eigenvalue weighted by atomic mass is 10.1. The highest BCUT2D eigenvalue weighted by molar-refractivity contribution is 5.78. The van der Waals surface area contributed by atoms with Crippen LogP contribution in [0.5, 0.6) is 0 Å². The zero-order valence-electron chi connectivity index (χ0n) is 13.8. The van der Waals surface area contributed by atoms with E-state index in [1.54, 1.807) is 30.6 Å². The van der Waals surface area contributed by atoms with E-state index in [1.807, 2.05) is 4.90 Å². The minimum Gasteiger partial charge on any atom is -0.386 e. The fourth-order valence-corrected chi connectivity index (χ4v) is 2.69. The number of hydrogen-bond acceptors (Lipinski definition) is 5. The third-order valence-corrected chi connectivity index (χ3v) is 4.10. The highest BCUT2D eigenvalue weighted by Gasteiger charge is 2.20. The van der Waals surface area contributed by atoms with Gasteiger partial charge >= 0.3 is 0 Å². The molecule has 1 fully saturated rings. The van der Waals surface area contributed by atoms with Crippen molar-refractivity contribution in [2.45, 2.75) is 6.10 Å². The van der Waals surface area contributed by atoms with Crippen molar-refractivity contribution in [3.05, 3.63) is 54.1 Å². The molecule has 1 atom stereocenters. The third-order valence-electron chi connectivity index (χ3n) is 4.10. The SMILES string of the molecule is NC(=NCC(O)c1cccc(F)c1)N1CCN(c2ncccn2)CC1. The molecule has 0 aliphatic carbocycles. The molecule has 25 heavy (non-hydrogen) atoms. The molecule has 1 aromatic carbocycles. The molecule has 132 valence electrons. The fraction of sp³-hybridized carbons (Fsp3) is 0.353.